The Labute approximate surface area is 230 Å². The molecule has 1 saturated heterocycles. The molecule has 196 valence electrons. The van der Waals surface area contributed by atoms with Crippen molar-refractivity contribution in [3.8, 4) is 28.6 Å². The van der Waals surface area contributed by atoms with E-state index in [-0.39, 0.29) is 11.8 Å². The van der Waals surface area contributed by atoms with Crippen LogP contribution in [-0.2, 0) is 11.3 Å². The summed E-state index contributed by atoms with van der Waals surface area (Å²) in [5.74, 6) is 2.28. The number of benzene rings is 3. The maximum Gasteiger partial charge on any atom is 0.241 e. The highest BCUT2D eigenvalue weighted by atomic mass is 35.5. The van der Waals surface area contributed by atoms with Gasteiger partial charge in [-0.3, -0.25) is 9.69 Å². The number of carbonyl (C=O) groups is 1. The van der Waals surface area contributed by atoms with Gasteiger partial charge in [0.25, 0.3) is 0 Å². The van der Waals surface area contributed by atoms with Gasteiger partial charge in [-0.25, -0.2) is 0 Å². The number of methoxy groups -OCH3 is 1. The van der Waals surface area contributed by atoms with E-state index < -0.39 is 0 Å². The molecular formula is C28H26Cl2N4O4. The molecule has 5 rings (SSSR count). The second-order valence-corrected chi connectivity index (χ2v) is 9.85. The number of carbonyl (C=O) groups excluding carboxylic acids is 1. The smallest absolute Gasteiger partial charge is 0.241 e. The first-order valence-electron chi connectivity index (χ1n) is 12.2. The minimum Gasteiger partial charge on any atom is -0.493 e. The van der Waals surface area contributed by atoms with Crippen molar-refractivity contribution < 1.29 is 18.8 Å². The van der Waals surface area contributed by atoms with E-state index in [9.17, 15) is 4.79 Å². The van der Waals surface area contributed by atoms with E-state index in [1.807, 2.05) is 30.3 Å². The van der Waals surface area contributed by atoms with Gasteiger partial charge in [0.2, 0.25) is 17.6 Å². The fraction of sp³-hybridized carbons (Fsp3) is 0.250. The van der Waals surface area contributed by atoms with E-state index >= 15 is 0 Å². The minimum atomic E-state index is -0.222. The first-order valence-corrected chi connectivity index (χ1v) is 13.0. The molecule has 0 spiro atoms. The Morgan fingerprint density at radius 2 is 1.82 bits per heavy atom. The minimum absolute atomic E-state index is 0.103. The number of halogens is 2. The molecule has 4 aromatic rings. The third-order valence-electron chi connectivity index (χ3n) is 6.29. The van der Waals surface area contributed by atoms with Crippen LogP contribution in [0.4, 0.5) is 5.69 Å². The summed E-state index contributed by atoms with van der Waals surface area (Å²) in [6, 6.07) is 19.7. The average molecular weight is 553 g/mol. The largest absolute Gasteiger partial charge is 0.493 e. The lowest BCUT2D eigenvalue weighted by Gasteiger charge is -2.31. The highest BCUT2D eigenvalue weighted by Gasteiger charge is 2.28. The van der Waals surface area contributed by atoms with Gasteiger partial charge in [0.05, 0.1) is 25.3 Å². The van der Waals surface area contributed by atoms with E-state index in [4.69, 9.17) is 37.2 Å². The van der Waals surface area contributed by atoms with Crippen LogP contribution in [-0.4, -0.2) is 41.1 Å². The molecule has 1 aromatic heterocycles. The predicted molar refractivity (Wildman–Crippen MR) is 146 cm³/mol. The summed E-state index contributed by atoms with van der Waals surface area (Å²) >= 11 is 12.2. The van der Waals surface area contributed by atoms with E-state index in [0.717, 1.165) is 24.9 Å². The molecule has 1 fully saturated rings. The number of nitrogens with one attached hydrogen (secondary N) is 1. The van der Waals surface area contributed by atoms with Gasteiger partial charge in [-0.15, -0.1) is 0 Å². The summed E-state index contributed by atoms with van der Waals surface area (Å²) in [7, 11) is 1.58. The summed E-state index contributed by atoms with van der Waals surface area (Å²) in [5.41, 5.74) is 1.32. The van der Waals surface area contributed by atoms with Gasteiger partial charge in [-0.2, -0.15) is 4.98 Å². The summed E-state index contributed by atoms with van der Waals surface area (Å²) in [5, 5.41) is 8.24. The number of anilines is 1. The van der Waals surface area contributed by atoms with Crippen LogP contribution in [0, 0.1) is 5.92 Å². The van der Waals surface area contributed by atoms with E-state index in [1.54, 1.807) is 43.5 Å². The molecule has 38 heavy (non-hydrogen) atoms. The van der Waals surface area contributed by atoms with Gasteiger partial charge in [0, 0.05) is 22.2 Å². The maximum atomic E-state index is 13.3. The summed E-state index contributed by atoms with van der Waals surface area (Å²) in [4.78, 5) is 20.0. The lowest BCUT2D eigenvalue weighted by Crippen LogP contribution is -2.40. The first-order chi connectivity index (χ1) is 18.5. The number of rotatable bonds is 8. The Balaban J connectivity index is 1.24. The monoisotopic (exact) mass is 552 g/mol. The highest BCUT2D eigenvalue weighted by molar-refractivity contribution is 6.31. The molecule has 0 saturated carbocycles. The van der Waals surface area contributed by atoms with Crippen molar-refractivity contribution in [1.82, 2.24) is 15.0 Å². The average Bonchev–Trinajstić information content (AvgIpc) is 3.39. The van der Waals surface area contributed by atoms with Crippen molar-refractivity contribution >= 4 is 34.8 Å². The van der Waals surface area contributed by atoms with Crippen LogP contribution in [0.2, 0.25) is 10.0 Å². The molecule has 1 aliphatic heterocycles. The van der Waals surface area contributed by atoms with E-state index in [1.165, 1.54) is 0 Å². The van der Waals surface area contributed by atoms with Crippen LogP contribution in [0.1, 0.15) is 18.7 Å². The van der Waals surface area contributed by atoms with Crippen LogP contribution in [0.25, 0.3) is 11.4 Å². The zero-order valence-electron chi connectivity index (χ0n) is 20.7. The van der Waals surface area contributed by atoms with Gasteiger partial charge in [-0.05, 0) is 74.0 Å². The molecule has 10 heteroatoms. The SMILES string of the molecule is COc1ccccc1Oc1ccc(Cl)cc1NC(=O)C1CCCN(Cc2nc(-c3ccc(Cl)cc3)no2)C1. The van der Waals surface area contributed by atoms with Gasteiger partial charge >= 0.3 is 0 Å². The predicted octanol–water partition coefficient (Wildman–Crippen LogP) is 6.70. The number of ether oxygens (including phenoxy) is 2. The zero-order chi connectivity index (χ0) is 26.5. The molecule has 1 amide bonds. The fourth-order valence-electron chi connectivity index (χ4n) is 4.39. The molecule has 3 aromatic carbocycles. The number of aromatic nitrogens is 2. The molecule has 1 aliphatic rings. The van der Waals surface area contributed by atoms with Crippen LogP contribution in [0.3, 0.4) is 0 Å². The Bertz CT molecular complexity index is 1410. The molecule has 2 heterocycles. The Kier molecular flexibility index (Phi) is 8.12. The summed E-state index contributed by atoms with van der Waals surface area (Å²) in [6.07, 6.45) is 1.64. The van der Waals surface area contributed by atoms with Crippen molar-refractivity contribution in [2.45, 2.75) is 19.4 Å². The molecule has 0 aliphatic carbocycles. The topological polar surface area (TPSA) is 89.7 Å². The molecule has 8 nitrogen and oxygen atoms in total. The fourth-order valence-corrected chi connectivity index (χ4v) is 4.68. The number of likely N-dealkylation sites (tertiary alicyclic amines) is 1. The molecule has 0 radical (unpaired) electrons. The van der Waals surface area contributed by atoms with E-state index in [0.29, 0.717) is 57.8 Å². The molecule has 0 bridgehead atoms. The molecule has 1 unspecified atom stereocenters. The van der Waals surface area contributed by atoms with Crippen molar-refractivity contribution in [3.05, 3.63) is 82.7 Å². The lowest BCUT2D eigenvalue weighted by atomic mass is 9.97. The highest BCUT2D eigenvalue weighted by Crippen LogP contribution is 2.36. The Morgan fingerprint density at radius 1 is 1.05 bits per heavy atom. The van der Waals surface area contributed by atoms with Crippen molar-refractivity contribution in [1.29, 1.82) is 0 Å². The quantitative estimate of drug-likeness (QED) is 0.260. The molecule has 1 atom stereocenters. The Hall–Kier alpha value is -3.59. The number of para-hydroxylation sites is 2. The summed E-state index contributed by atoms with van der Waals surface area (Å²) < 4.78 is 16.9. The number of amides is 1. The van der Waals surface area contributed by atoms with Crippen LogP contribution in [0.5, 0.6) is 17.2 Å². The Morgan fingerprint density at radius 3 is 2.61 bits per heavy atom. The van der Waals surface area contributed by atoms with Gasteiger partial charge in [0.15, 0.2) is 17.2 Å². The zero-order valence-corrected chi connectivity index (χ0v) is 22.2. The number of nitrogens with zero attached hydrogens (tertiary/aromatic N) is 3. The second-order valence-electron chi connectivity index (χ2n) is 8.98. The third-order valence-corrected chi connectivity index (χ3v) is 6.78. The van der Waals surface area contributed by atoms with Gasteiger partial charge in [-0.1, -0.05) is 40.5 Å². The summed E-state index contributed by atoms with van der Waals surface area (Å²) in [6.45, 7) is 1.86. The van der Waals surface area contributed by atoms with E-state index in [2.05, 4.69) is 20.4 Å². The van der Waals surface area contributed by atoms with Crippen LogP contribution in [0.15, 0.2) is 71.3 Å². The first kappa shape index (κ1) is 26.0. The number of piperidine rings is 1. The number of hydrogen-bond donors (Lipinski definition) is 1. The van der Waals surface area contributed by atoms with Crippen LogP contribution < -0.4 is 14.8 Å². The standard InChI is InChI=1S/C28H26Cl2N4O4/c1-36-24-6-2-3-7-25(24)37-23-13-12-21(30)15-22(23)31-28(35)19-5-4-14-34(16-19)17-26-32-27(33-38-26)18-8-10-20(29)11-9-18/h2-3,6-13,15,19H,4-5,14,16-17H2,1H3,(H,31,35). The van der Waals surface area contributed by atoms with Gasteiger partial charge < -0.3 is 19.3 Å². The second kappa shape index (κ2) is 11.9. The maximum absolute atomic E-state index is 13.3. The van der Waals surface area contributed by atoms with Crippen molar-refractivity contribution in [2.24, 2.45) is 5.92 Å². The van der Waals surface area contributed by atoms with Crippen LogP contribution >= 0.6 is 23.2 Å². The van der Waals surface area contributed by atoms with Crippen molar-refractivity contribution in [3.63, 3.8) is 0 Å². The van der Waals surface area contributed by atoms with Gasteiger partial charge in [0.1, 0.15) is 0 Å². The normalized spacial score (nSPS) is 15.7. The third kappa shape index (κ3) is 6.27. The number of hydrogen-bond acceptors (Lipinski definition) is 7. The molecule has 1 N–H and O–H groups in total. The van der Waals surface area contributed by atoms with Crippen molar-refractivity contribution in [2.75, 3.05) is 25.5 Å². The lowest BCUT2D eigenvalue weighted by molar-refractivity contribution is -0.121. The molecular weight excluding hydrogens is 527 g/mol.